The number of ether oxygens (including phenoxy) is 4. The molecule has 56 heavy (non-hydrogen) atoms. The quantitative estimate of drug-likeness (QED) is 0.0971. The third kappa shape index (κ3) is 16.7. The van der Waals surface area contributed by atoms with E-state index in [9.17, 15) is 29.4 Å². The summed E-state index contributed by atoms with van der Waals surface area (Å²) < 4.78 is 24.5. The molecule has 4 N–H and O–H groups in total. The molecule has 1 saturated heterocycles. The maximum absolute atomic E-state index is 13.4. The highest BCUT2D eigenvalue weighted by Gasteiger charge is 2.35. The van der Waals surface area contributed by atoms with Crippen LogP contribution in [0.15, 0.2) is 47.7 Å². The summed E-state index contributed by atoms with van der Waals surface area (Å²) in [5.41, 5.74) is 2.91. The van der Waals surface area contributed by atoms with Crippen LogP contribution in [0.3, 0.4) is 0 Å². The van der Waals surface area contributed by atoms with Crippen LogP contribution in [-0.2, 0) is 43.4 Å². The molecule has 2 aromatic rings. The summed E-state index contributed by atoms with van der Waals surface area (Å²) in [7, 11) is 1.26. The maximum Gasteiger partial charge on any atom is 0.333 e. The second-order valence-electron chi connectivity index (χ2n) is 15.7. The number of hydrogen-bond acceptors (Lipinski definition) is 11. The Morgan fingerprint density at radius 3 is 2.55 bits per heavy atom. The van der Waals surface area contributed by atoms with Crippen molar-refractivity contribution in [3.63, 3.8) is 0 Å². The third-order valence-electron chi connectivity index (χ3n) is 9.31. The van der Waals surface area contributed by atoms with Crippen LogP contribution in [0.5, 0.6) is 5.75 Å². The number of aromatic nitrogens is 3. The molecule has 1 aromatic heterocycles. The number of carbonyl (C=O) groups is 4. The zero-order valence-corrected chi connectivity index (χ0v) is 34.2. The number of nitrogens with one attached hydrogen (secondary N) is 2. The minimum atomic E-state index is -1.28. The number of aryl methyl sites for hydroxylation is 1. The first kappa shape index (κ1) is 45.9. The van der Waals surface area contributed by atoms with Crippen molar-refractivity contribution in [2.24, 2.45) is 0 Å². The molecule has 2 amide bonds. The Morgan fingerprint density at radius 2 is 1.86 bits per heavy atom. The normalized spacial score (nSPS) is 18.0. The van der Waals surface area contributed by atoms with E-state index in [1.54, 1.807) is 6.07 Å². The SMILES string of the molecule is BC(=O)OCc1ccc(OC2CC(O)CC(C(=O)O)O2)c(C(=O)NCC(=O)NC(C)(C)CCOC(C)(C)Cc2cn(CCC/C(C)=C/CC/C(C)=C/C)nn2)c1. The predicted octanol–water partition coefficient (Wildman–Crippen LogP) is 4.40. The van der Waals surface area contributed by atoms with Gasteiger partial charge in [0.15, 0.2) is 6.10 Å². The van der Waals surface area contributed by atoms with Crippen molar-refractivity contribution in [3.8, 4) is 5.75 Å². The number of benzene rings is 1. The molecule has 1 fully saturated rings. The molecule has 1 aliphatic rings. The van der Waals surface area contributed by atoms with Gasteiger partial charge in [0.1, 0.15) is 12.4 Å². The van der Waals surface area contributed by atoms with Gasteiger partial charge in [0.25, 0.3) is 5.91 Å². The zero-order valence-electron chi connectivity index (χ0n) is 34.2. The van der Waals surface area contributed by atoms with Crippen LogP contribution < -0.4 is 15.4 Å². The smallest absolute Gasteiger partial charge is 0.333 e. The topological polar surface area (TPSA) is 200 Å². The summed E-state index contributed by atoms with van der Waals surface area (Å²) in [5.74, 6) is -2.82. The number of carboxylic acid groups (broad SMARTS) is 1. The molecule has 1 aromatic carbocycles. The van der Waals surface area contributed by atoms with Crippen LogP contribution in [0.25, 0.3) is 0 Å². The van der Waals surface area contributed by atoms with E-state index in [2.05, 4.69) is 53.9 Å². The molecule has 3 rings (SSSR count). The molecule has 2 heterocycles. The standard InChI is InChI=1S/C40H60BN5O10/c1-8-26(2)11-9-12-27(3)13-10-17-46-24-29(44-45-46)22-40(6,7)54-18-16-39(4,5)43-34(48)23-42-36(49)31-19-28(25-53-38(41)52)14-15-32(31)55-35-21-30(47)20-33(56-35)37(50)51/h8,12,14-15,19,24,30,33,35,47H,9-11,13,16-18,20-23,25,41H2,1-7H3,(H,42,49)(H,43,48)(H,50,51)/b26-8+,27-12+. The lowest BCUT2D eigenvalue weighted by molar-refractivity contribution is -0.195. The number of nitrogens with zero attached hydrogens (tertiary/aromatic N) is 3. The Kier molecular flexibility index (Phi) is 17.8. The van der Waals surface area contributed by atoms with E-state index in [1.165, 1.54) is 31.1 Å². The first-order chi connectivity index (χ1) is 26.3. The zero-order chi connectivity index (χ0) is 41.5. The fraction of sp³-hybridized carbons (Fsp3) is 0.600. The molecule has 0 spiro atoms. The van der Waals surface area contributed by atoms with E-state index in [4.69, 9.17) is 18.9 Å². The van der Waals surface area contributed by atoms with Gasteiger partial charge in [-0.1, -0.05) is 34.6 Å². The number of rotatable bonds is 22. The number of carbonyl (C=O) groups excluding carboxylic acids is 3. The van der Waals surface area contributed by atoms with Crippen molar-refractivity contribution >= 4 is 31.5 Å². The Balaban J connectivity index is 1.48. The van der Waals surface area contributed by atoms with Crippen molar-refractivity contribution < 1.29 is 48.3 Å². The van der Waals surface area contributed by atoms with Gasteiger partial charge in [-0.15, -0.1) is 5.10 Å². The molecule has 16 heteroatoms. The van der Waals surface area contributed by atoms with Gasteiger partial charge in [-0.3, -0.25) is 19.1 Å². The van der Waals surface area contributed by atoms with E-state index in [-0.39, 0.29) is 37.3 Å². The number of allylic oxidation sites excluding steroid dienone is 4. The second-order valence-corrected chi connectivity index (χ2v) is 15.7. The van der Waals surface area contributed by atoms with E-state index in [0.717, 1.165) is 37.9 Å². The summed E-state index contributed by atoms with van der Waals surface area (Å²) in [5, 5.41) is 33.7. The van der Waals surface area contributed by atoms with E-state index >= 15 is 0 Å². The van der Waals surface area contributed by atoms with Crippen molar-refractivity contribution in [1.82, 2.24) is 25.6 Å². The Hall–Kier alpha value is -4.54. The highest BCUT2D eigenvalue weighted by molar-refractivity contribution is 6.55. The Labute approximate surface area is 331 Å². The fourth-order valence-electron chi connectivity index (χ4n) is 6.02. The minimum absolute atomic E-state index is 0.00132. The van der Waals surface area contributed by atoms with Crippen molar-refractivity contribution in [2.75, 3.05) is 13.2 Å². The van der Waals surface area contributed by atoms with E-state index in [0.29, 0.717) is 25.0 Å². The molecule has 0 radical (unpaired) electrons. The number of aliphatic hydroxyl groups excluding tert-OH is 1. The summed E-state index contributed by atoms with van der Waals surface area (Å²) >= 11 is 0. The first-order valence-electron chi connectivity index (χ1n) is 19.2. The van der Waals surface area contributed by atoms with Gasteiger partial charge in [-0.05, 0) is 98.3 Å². The van der Waals surface area contributed by atoms with Crippen LogP contribution >= 0.6 is 0 Å². The summed E-state index contributed by atoms with van der Waals surface area (Å²) in [6.07, 6.45) is 8.12. The van der Waals surface area contributed by atoms with Crippen molar-refractivity contribution in [3.05, 3.63) is 64.5 Å². The largest absolute Gasteiger partial charge is 0.479 e. The lowest BCUT2D eigenvalue weighted by atomic mass is 10.00. The van der Waals surface area contributed by atoms with E-state index < -0.39 is 53.3 Å². The lowest BCUT2D eigenvalue weighted by Crippen LogP contribution is -2.48. The van der Waals surface area contributed by atoms with Crippen molar-refractivity contribution in [1.29, 1.82) is 0 Å². The van der Waals surface area contributed by atoms with Crippen molar-refractivity contribution in [2.45, 2.75) is 143 Å². The monoisotopic (exact) mass is 781 g/mol. The molecule has 0 saturated carbocycles. The third-order valence-corrected chi connectivity index (χ3v) is 9.31. The Bertz CT molecular complexity index is 1710. The van der Waals surface area contributed by atoms with Crippen LogP contribution in [0.4, 0.5) is 4.79 Å². The van der Waals surface area contributed by atoms with Crippen LogP contribution in [0.2, 0.25) is 0 Å². The highest BCUT2D eigenvalue weighted by atomic mass is 16.7. The van der Waals surface area contributed by atoms with Crippen LogP contribution in [0, 0.1) is 0 Å². The minimum Gasteiger partial charge on any atom is -0.479 e. The number of aliphatic hydroxyl groups is 1. The fourth-order valence-corrected chi connectivity index (χ4v) is 6.02. The average molecular weight is 782 g/mol. The Morgan fingerprint density at radius 1 is 1.11 bits per heavy atom. The maximum atomic E-state index is 13.4. The van der Waals surface area contributed by atoms with Crippen LogP contribution in [-0.4, -0.2) is 99.5 Å². The molecule has 1 aliphatic heterocycles. The number of carboxylic acids is 1. The second kappa shape index (κ2) is 21.7. The average Bonchev–Trinajstić information content (AvgIpc) is 3.55. The van der Waals surface area contributed by atoms with Gasteiger partial charge in [0, 0.05) is 44.1 Å². The molecular weight excluding hydrogens is 721 g/mol. The summed E-state index contributed by atoms with van der Waals surface area (Å²) in [6.45, 7) is 14.8. The lowest BCUT2D eigenvalue weighted by Gasteiger charge is -2.31. The van der Waals surface area contributed by atoms with E-state index in [1.807, 2.05) is 38.6 Å². The van der Waals surface area contributed by atoms with Gasteiger partial charge < -0.3 is 39.8 Å². The van der Waals surface area contributed by atoms with Gasteiger partial charge in [-0.2, -0.15) is 0 Å². The summed E-state index contributed by atoms with van der Waals surface area (Å²) in [6, 6.07) is 4.47. The van der Waals surface area contributed by atoms with Crippen LogP contribution in [0.1, 0.15) is 115 Å². The molecule has 308 valence electrons. The molecule has 3 atom stereocenters. The highest BCUT2D eigenvalue weighted by Crippen LogP contribution is 2.27. The molecule has 0 bridgehead atoms. The number of aliphatic carboxylic acids is 1. The molecule has 3 unspecified atom stereocenters. The van der Waals surface area contributed by atoms with Gasteiger partial charge in [0.2, 0.25) is 25.9 Å². The number of amides is 2. The molecule has 0 aliphatic carbocycles. The number of hydrogen-bond donors (Lipinski definition) is 4. The molecular formula is C40H60BN5O10. The van der Waals surface area contributed by atoms with Gasteiger partial charge in [-0.25, -0.2) is 4.79 Å². The molecule has 15 nitrogen and oxygen atoms in total. The summed E-state index contributed by atoms with van der Waals surface area (Å²) in [4.78, 5) is 49.2. The van der Waals surface area contributed by atoms with Gasteiger partial charge in [0.05, 0.1) is 29.5 Å². The predicted molar refractivity (Wildman–Crippen MR) is 212 cm³/mol. The first-order valence-corrected chi connectivity index (χ1v) is 19.2. The van der Waals surface area contributed by atoms with Gasteiger partial charge >= 0.3 is 5.97 Å².